The highest BCUT2D eigenvalue weighted by atomic mass is 32.2. The van der Waals surface area contributed by atoms with Gasteiger partial charge in [0.1, 0.15) is 0 Å². The molecule has 0 radical (unpaired) electrons. The van der Waals surface area contributed by atoms with Gasteiger partial charge in [-0.05, 0) is 29.8 Å². The van der Waals surface area contributed by atoms with Crippen LogP contribution in [0.1, 0.15) is 15.9 Å². The normalized spacial score (nSPS) is 14.3. The molecular formula is C19H22N4O4S. The van der Waals surface area contributed by atoms with Crippen molar-refractivity contribution in [1.29, 1.82) is 0 Å². The number of nitrogens with zero attached hydrogens (tertiary/aromatic N) is 1. The van der Waals surface area contributed by atoms with Crippen LogP contribution in [0.3, 0.4) is 0 Å². The van der Waals surface area contributed by atoms with E-state index in [1.807, 2.05) is 29.2 Å². The van der Waals surface area contributed by atoms with Crippen molar-refractivity contribution < 1.29 is 18.0 Å². The Bertz CT molecular complexity index is 974. The van der Waals surface area contributed by atoms with Crippen molar-refractivity contribution in [3.63, 3.8) is 0 Å². The molecule has 148 valence electrons. The van der Waals surface area contributed by atoms with Gasteiger partial charge in [-0.15, -0.1) is 0 Å². The molecule has 0 unspecified atom stereocenters. The van der Waals surface area contributed by atoms with Gasteiger partial charge in [0, 0.05) is 25.3 Å². The molecule has 28 heavy (non-hydrogen) atoms. The number of anilines is 2. The van der Waals surface area contributed by atoms with E-state index in [0.717, 1.165) is 24.1 Å². The minimum atomic E-state index is -3.48. The molecule has 2 aromatic rings. The molecule has 1 fully saturated rings. The number of hydrogen-bond donors (Lipinski definition) is 3. The second-order valence-corrected chi connectivity index (χ2v) is 8.29. The minimum Gasteiger partial charge on any atom is -0.360 e. The van der Waals surface area contributed by atoms with Crippen molar-refractivity contribution in [1.82, 2.24) is 10.6 Å². The Hall–Kier alpha value is -3.07. The van der Waals surface area contributed by atoms with Crippen molar-refractivity contribution in [2.75, 3.05) is 35.5 Å². The second-order valence-electron chi connectivity index (χ2n) is 6.54. The van der Waals surface area contributed by atoms with Crippen LogP contribution in [-0.2, 0) is 21.4 Å². The van der Waals surface area contributed by atoms with E-state index in [2.05, 4.69) is 15.4 Å². The molecule has 8 nitrogen and oxygen atoms in total. The summed E-state index contributed by atoms with van der Waals surface area (Å²) >= 11 is 0. The Morgan fingerprint density at radius 1 is 1.14 bits per heavy atom. The monoisotopic (exact) mass is 402 g/mol. The SMILES string of the molecule is CS(=O)(=O)Nc1ccccc1C(=O)NCc1ccc(N2CCNC(=O)C2)cc1. The van der Waals surface area contributed by atoms with Crippen LogP contribution in [0.15, 0.2) is 48.5 Å². The summed E-state index contributed by atoms with van der Waals surface area (Å²) in [6.07, 6.45) is 1.04. The Labute approximate surface area is 164 Å². The van der Waals surface area contributed by atoms with E-state index >= 15 is 0 Å². The molecule has 0 bridgehead atoms. The molecule has 1 aliphatic heterocycles. The lowest BCUT2D eigenvalue weighted by atomic mass is 10.1. The lowest BCUT2D eigenvalue weighted by Gasteiger charge is -2.28. The average Bonchev–Trinajstić information content (AvgIpc) is 2.66. The van der Waals surface area contributed by atoms with Gasteiger partial charge >= 0.3 is 0 Å². The maximum absolute atomic E-state index is 12.5. The number of sulfonamides is 1. The molecule has 0 saturated carbocycles. The number of carbonyl (C=O) groups is 2. The van der Waals surface area contributed by atoms with Crippen LogP contribution in [0.5, 0.6) is 0 Å². The molecule has 2 amide bonds. The van der Waals surface area contributed by atoms with Crippen LogP contribution in [0.25, 0.3) is 0 Å². The first-order valence-corrected chi connectivity index (χ1v) is 10.7. The topological polar surface area (TPSA) is 108 Å². The summed E-state index contributed by atoms with van der Waals surface area (Å²) < 4.78 is 25.3. The van der Waals surface area contributed by atoms with Crippen LogP contribution in [0, 0.1) is 0 Å². The molecule has 3 N–H and O–H groups in total. The molecule has 0 spiro atoms. The summed E-state index contributed by atoms with van der Waals surface area (Å²) in [5, 5.41) is 5.59. The zero-order valence-corrected chi connectivity index (χ0v) is 16.3. The molecular weight excluding hydrogens is 380 g/mol. The molecule has 0 aliphatic carbocycles. The van der Waals surface area contributed by atoms with Crippen LogP contribution in [0.2, 0.25) is 0 Å². The van der Waals surface area contributed by atoms with Crippen LogP contribution >= 0.6 is 0 Å². The van der Waals surface area contributed by atoms with Gasteiger partial charge < -0.3 is 15.5 Å². The number of para-hydroxylation sites is 1. The molecule has 1 heterocycles. The van der Waals surface area contributed by atoms with Crippen LogP contribution in [-0.4, -0.2) is 46.1 Å². The smallest absolute Gasteiger partial charge is 0.253 e. The van der Waals surface area contributed by atoms with Gasteiger partial charge in [0.25, 0.3) is 5.91 Å². The fourth-order valence-corrected chi connectivity index (χ4v) is 3.51. The number of rotatable bonds is 6. The lowest BCUT2D eigenvalue weighted by molar-refractivity contribution is -0.120. The van der Waals surface area contributed by atoms with Crippen LogP contribution in [0.4, 0.5) is 11.4 Å². The van der Waals surface area contributed by atoms with E-state index in [1.165, 1.54) is 0 Å². The van der Waals surface area contributed by atoms with Crippen molar-refractivity contribution >= 4 is 33.2 Å². The van der Waals surface area contributed by atoms with Crippen molar-refractivity contribution in [2.45, 2.75) is 6.54 Å². The average molecular weight is 402 g/mol. The van der Waals surface area contributed by atoms with Crippen molar-refractivity contribution in [3.05, 3.63) is 59.7 Å². The fourth-order valence-electron chi connectivity index (χ4n) is 2.93. The zero-order chi connectivity index (χ0) is 20.1. The van der Waals surface area contributed by atoms with E-state index in [0.29, 0.717) is 19.6 Å². The summed E-state index contributed by atoms with van der Waals surface area (Å²) in [4.78, 5) is 26.0. The van der Waals surface area contributed by atoms with Gasteiger partial charge in [0.05, 0.1) is 24.1 Å². The molecule has 0 atom stereocenters. The maximum Gasteiger partial charge on any atom is 0.253 e. The number of piperazine rings is 1. The Balaban J connectivity index is 1.63. The Kier molecular flexibility index (Phi) is 5.84. The van der Waals surface area contributed by atoms with Crippen molar-refractivity contribution in [2.24, 2.45) is 0 Å². The first-order chi connectivity index (χ1) is 13.3. The van der Waals surface area contributed by atoms with Gasteiger partial charge in [0.2, 0.25) is 15.9 Å². The second kappa shape index (κ2) is 8.30. The van der Waals surface area contributed by atoms with E-state index in [1.54, 1.807) is 24.3 Å². The predicted octanol–water partition coefficient (Wildman–Crippen LogP) is 0.924. The van der Waals surface area contributed by atoms with Gasteiger partial charge in [-0.1, -0.05) is 24.3 Å². The summed E-state index contributed by atoms with van der Waals surface area (Å²) in [7, 11) is -3.48. The molecule has 2 aromatic carbocycles. The molecule has 3 rings (SSSR count). The first-order valence-electron chi connectivity index (χ1n) is 8.77. The standard InChI is InChI=1S/C19H22N4O4S/c1-28(26,27)22-17-5-3-2-4-16(17)19(25)21-12-14-6-8-15(9-7-14)23-11-10-20-18(24)13-23/h2-9,22H,10-13H2,1H3,(H,20,24)(H,21,25). The molecule has 0 aromatic heterocycles. The van der Waals surface area contributed by atoms with Gasteiger partial charge in [-0.25, -0.2) is 8.42 Å². The third-order valence-electron chi connectivity index (χ3n) is 4.26. The van der Waals surface area contributed by atoms with E-state index < -0.39 is 10.0 Å². The quantitative estimate of drug-likeness (QED) is 0.666. The first kappa shape index (κ1) is 19.7. The zero-order valence-electron chi connectivity index (χ0n) is 15.4. The van der Waals surface area contributed by atoms with E-state index in [9.17, 15) is 18.0 Å². The largest absolute Gasteiger partial charge is 0.360 e. The summed E-state index contributed by atoms with van der Waals surface area (Å²) in [6, 6.07) is 14.0. The Morgan fingerprint density at radius 3 is 2.54 bits per heavy atom. The van der Waals surface area contributed by atoms with Crippen LogP contribution < -0.4 is 20.3 Å². The predicted molar refractivity (Wildman–Crippen MR) is 108 cm³/mol. The van der Waals surface area contributed by atoms with E-state index in [4.69, 9.17) is 0 Å². The minimum absolute atomic E-state index is 0.00367. The highest BCUT2D eigenvalue weighted by Crippen LogP contribution is 2.18. The summed E-state index contributed by atoms with van der Waals surface area (Å²) in [5.41, 5.74) is 2.34. The van der Waals surface area contributed by atoms with Gasteiger partial charge in [-0.3, -0.25) is 14.3 Å². The molecule has 1 aliphatic rings. The van der Waals surface area contributed by atoms with Gasteiger partial charge in [0.15, 0.2) is 0 Å². The number of hydrogen-bond acceptors (Lipinski definition) is 5. The fraction of sp³-hybridized carbons (Fsp3) is 0.263. The number of benzene rings is 2. The van der Waals surface area contributed by atoms with Gasteiger partial charge in [-0.2, -0.15) is 0 Å². The van der Waals surface area contributed by atoms with E-state index in [-0.39, 0.29) is 23.1 Å². The maximum atomic E-state index is 12.5. The highest BCUT2D eigenvalue weighted by molar-refractivity contribution is 7.92. The number of nitrogens with one attached hydrogen (secondary N) is 3. The number of carbonyl (C=O) groups excluding carboxylic acids is 2. The Morgan fingerprint density at radius 2 is 1.86 bits per heavy atom. The highest BCUT2D eigenvalue weighted by Gasteiger charge is 2.16. The third kappa shape index (κ3) is 5.23. The summed E-state index contributed by atoms with van der Waals surface area (Å²) in [5.74, 6) is -0.368. The van der Waals surface area contributed by atoms with Crippen molar-refractivity contribution in [3.8, 4) is 0 Å². The molecule has 1 saturated heterocycles. The third-order valence-corrected chi connectivity index (χ3v) is 4.85. The summed E-state index contributed by atoms with van der Waals surface area (Å²) in [6.45, 7) is 2.01. The number of amides is 2. The lowest BCUT2D eigenvalue weighted by Crippen LogP contribution is -2.47. The molecule has 9 heteroatoms.